The van der Waals surface area contributed by atoms with Gasteiger partial charge in [0.2, 0.25) is 0 Å². The Hall–Kier alpha value is -1.33. The average molecular weight is 283 g/mol. The molecule has 2 rings (SSSR count). The van der Waals surface area contributed by atoms with Gasteiger partial charge in [-0.2, -0.15) is 5.10 Å². The van der Waals surface area contributed by atoms with Crippen LogP contribution in [0.25, 0.3) is 0 Å². The molecule has 2 aromatic heterocycles. The van der Waals surface area contributed by atoms with E-state index < -0.39 is 0 Å². The van der Waals surface area contributed by atoms with E-state index in [2.05, 4.69) is 29.0 Å². The van der Waals surface area contributed by atoms with E-state index in [0.29, 0.717) is 5.15 Å². The van der Waals surface area contributed by atoms with Crippen LogP contribution in [-0.4, -0.2) is 26.9 Å². The summed E-state index contributed by atoms with van der Waals surface area (Å²) in [5.41, 5.74) is 3.05. The lowest BCUT2D eigenvalue weighted by Crippen LogP contribution is -2.22. The Balaban J connectivity index is 2.17. The number of aromatic nitrogens is 3. The average Bonchev–Trinajstić information content (AvgIpc) is 3.01. The van der Waals surface area contributed by atoms with Gasteiger partial charge in [-0.1, -0.05) is 23.7 Å². The normalized spacial score (nSPS) is 13.2. The van der Waals surface area contributed by atoms with Gasteiger partial charge in [-0.25, -0.2) is 0 Å². The second kappa shape index (κ2) is 5.75. The Morgan fingerprint density at radius 1 is 1.53 bits per heavy atom. The van der Waals surface area contributed by atoms with E-state index >= 15 is 0 Å². The molecule has 0 radical (unpaired) electrons. The van der Waals surface area contributed by atoms with Crippen LogP contribution in [0, 0.1) is 0 Å². The minimum Gasteiger partial charge on any atom is -0.364 e. The van der Waals surface area contributed by atoms with E-state index in [1.165, 1.54) is 0 Å². The highest BCUT2D eigenvalue weighted by Crippen LogP contribution is 2.25. The third-order valence-electron chi connectivity index (χ3n) is 3.44. The third-order valence-corrected chi connectivity index (χ3v) is 3.91. The van der Waals surface area contributed by atoms with Crippen molar-refractivity contribution in [1.82, 2.24) is 19.8 Å². The molecule has 0 saturated carbocycles. The second-order valence-electron chi connectivity index (χ2n) is 4.71. The van der Waals surface area contributed by atoms with Gasteiger partial charge in [0, 0.05) is 25.2 Å². The molecule has 0 bridgehead atoms. The van der Waals surface area contributed by atoms with Gasteiger partial charge in [0.05, 0.1) is 11.7 Å². The zero-order valence-electron chi connectivity index (χ0n) is 11.7. The highest BCUT2D eigenvalue weighted by Gasteiger charge is 2.19. The summed E-state index contributed by atoms with van der Waals surface area (Å²) < 4.78 is 6.62. The minimum atomic E-state index is 0.166. The van der Waals surface area contributed by atoms with Crippen LogP contribution < -0.4 is 0 Å². The molecular formula is C13H19ClN4O. The monoisotopic (exact) mass is 282 g/mol. The fraction of sp³-hybridized carbons (Fsp3) is 0.538. The molecule has 0 amide bonds. The predicted octanol–water partition coefficient (Wildman–Crippen LogP) is 2.82. The Morgan fingerprint density at radius 2 is 2.26 bits per heavy atom. The van der Waals surface area contributed by atoms with E-state index in [-0.39, 0.29) is 6.04 Å². The lowest BCUT2D eigenvalue weighted by atomic mass is 10.1. The summed E-state index contributed by atoms with van der Waals surface area (Å²) in [4.78, 5) is 2.18. The van der Waals surface area contributed by atoms with Crippen LogP contribution in [0.2, 0.25) is 5.15 Å². The van der Waals surface area contributed by atoms with Crippen molar-refractivity contribution < 1.29 is 4.52 Å². The first-order valence-electron chi connectivity index (χ1n) is 6.35. The molecule has 0 saturated heterocycles. The second-order valence-corrected chi connectivity index (χ2v) is 5.07. The molecule has 104 valence electrons. The number of aryl methyl sites for hydroxylation is 2. The molecule has 2 aromatic rings. The third kappa shape index (κ3) is 2.82. The predicted molar refractivity (Wildman–Crippen MR) is 74.0 cm³/mol. The summed E-state index contributed by atoms with van der Waals surface area (Å²) in [7, 11) is 3.91. The fourth-order valence-electron chi connectivity index (χ4n) is 2.09. The molecule has 0 spiro atoms. The standard InChI is InChI=1S/C13H19ClN4O/c1-5-11-10(13(14)18(4)15-11)8-17(3)9(2)12-6-7-19-16-12/h6-7,9H,5,8H2,1-4H3/t9-/m0/s1. The van der Waals surface area contributed by atoms with Crippen LogP contribution in [0.3, 0.4) is 0 Å². The molecule has 5 nitrogen and oxygen atoms in total. The smallest absolute Gasteiger partial charge is 0.131 e. The van der Waals surface area contributed by atoms with Gasteiger partial charge in [0.1, 0.15) is 17.1 Å². The van der Waals surface area contributed by atoms with Crippen LogP contribution in [0.5, 0.6) is 0 Å². The maximum absolute atomic E-state index is 6.31. The van der Waals surface area contributed by atoms with E-state index in [0.717, 1.165) is 29.9 Å². The van der Waals surface area contributed by atoms with E-state index in [4.69, 9.17) is 16.1 Å². The number of rotatable bonds is 5. The van der Waals surface area contributed by atoms with Gasteiger partial charge >= 0.3 is 0 Å². The van der Waals surface area contributed by atoms with Crippen LogP contribution in [-0.2, 0) is 20.0 Å². The number of halogens is 1. The summed E-state index contributed by atoms with van der Waals surface area (Å²) in [6.07, 6.45) is 2.47. The Morgan fingerprint density at radius 3 is 2.84 bits per heavy atom. The van der Waals surface area contributed by atoms with Crippen molar-refractivity contribution in [3.8, 4) is 0 Å². The van der Waals surface area contributed by atoms with Crippen molar-refractivity contribution >= 4 is 11.6 Å². The summed E-state index contributed by atoms with van der Waals surface area (Å²) in [5.74, 6) is 0. The van der Waals surface area contributed by atoms with E-state index in [1.54, 1.807) is 10.9 Å². The molecule has 2 heterocycles. The first-order chi connectivity index (χ1) is 9.04. The molecule has 0 aromatic carbocycles. The lowest BCUT2D eigenvalue weighted by Gasteiger charge is -2.22. The van der Waals surface area contributed by atoms with Gasteiger partial charge in [-0.05, 0) is 20.4 Å². The van der Waals surface area contributed by atoms with Crippen LogP contribution in [0.4, 0.5) is 0 Å². The fourth-order valence-corrected chi connectivity index (χ4v) is 2.30. The van der Waals surface area contributed by atoms with E-state index in [1.807, 2.05) is 20.2 Å². The topological polar surface area (TPSA) is 47.1 Å². The van der Waals surface area contributed by atoms with E-state index in [9.17, 15) is 0 Å². The maximum Gasteiger partial charge on any atom is 0.131 e. The van der Waals surface area contributed by atoms with Crippen molar-refractivity contribution in [2.75, 3.05) is 7.05 Å². The largest absolute Gasteiger partial charge is 0.364 e. The zero-order valence-corrected chi connectivity index (χ0v) is 12.5. The molecule has 0 unspecified atom stereocenters. The minimum absolute atomic E-state index is 0.166. The summed E-state index contributed by atoms with van der Waals surface area (Å²) >= 11 is 6.31. The zero-order chi connectivity index (χ0) is 14.0. The van der Waals surface area contributed by atoms with Crippen LogP contribution in [0.1, 0.15) is 36.8 Å². The number of hydrogen-bond donors (Lipinski definition) is 0. The Kier molecular flexibility index (Phi) is 4.27. The van der Waals surface area contributed by atoms with Gasteiger partial charge < -0.3 is 4.52 Å². The first-order valence-corrected chi connectivity index (χ1v) is 6.73. The molecule has 19 heavy (non-hydrogen) atoms. The Bertz CT molecular complexity index is 535. The number of hydrogen-bond acceptors (Lipinski definition) is 4. The Labute approximate surface area is 118 Å². The lowest BCUT2D eigenvalue weighted by molar-refractivity contribution is 0.240. The van der Waals surface area contributed by atoms with Crippen molar-refractivity contribution in [2.24, 2.45) is 7.05 Å². The molecule has 1 atom stereocenters. The van der Waals surface area contributed by atoms with Gasteiger partial charge in [-0.3, -0.25) is 9.58 Å². The highest BCUT2D eigenvalue weighted by atomic mass is 35.5. The maximum atomic E-state index is 6.31. The summed E-state index contributed by atoms with van der Waals surface area (Å²) in [6.45, 7) is 4.92. The van der Waals surface area contributed by atoms with Crippen LogP contribution >= 0.6 is 11.6 Å². The quantitative estimate of drug-likeness (QED) is 0.846. The van der Waals surface area contributed by atoms with Gasteiger partial charge in [0.15, 0.2) is 0 Å². The van der Waals surface area contributed by atoms with Crippen molar-refractivity contribution in [2.45, 2.75) is 32.9 Å². The van der Waals surface area contributed by atoms with Crippen molar-refractivity contribution in [3.05, 3.63) is 34.4 Å². The SMILES string of the molecule is CCc1nn(C)c(Cl)c1CN(C)[C@@H](C)c1ccon1. The van der Waals surface area contributed by atoms with Gasteiger partial charge in [-0.15, -0.1) is 0 Å². The highest BCUT2D eigenvalue weighted by molar-refractivity contribution is 6.30. The molecule has 0 aliphatic rings. The molecule has 0 aliphatic heterocycles. The summed E-state index contributed by atoms with van der Waals surface area (Å²) in [5, 5.41) is 9.11. The molecule has 0 aliphatic carbocycles. The molecule has 0 fully saturated rings. The van der Waals surface area contributed by atoms with Crippen molar-refractivity contribution in [3.63, 3.8) is 0 Å². The molecule has 6 heteroatoms. The summed E-state index contributed by atoms with van der Waals surface area (Å²) in [6, 6.07) is 2.05. The first kappa shape index (κ1) is 14.1. The molecule has 0 N–H and O–H groups in total. The number of nitrogens with zero attached hydrogens (tertiary/aromatic N) is 4. The van der Waals surface area contributed by atoms with Crippen LogP contribution in [0.15, 0.2) is 16.9 Å². The molecular weight excluding hydrogens is 264 g/mol. The van der Waals surface area contributed by atoms with Gasteiger partial charge in [0.25, 0.3) is 0 Å². The van der Waals surface area contributed by atoms with Crippen molar-refractivity contribution in [1.29, 1.82) is 0 Å².